The van der Waals surface area contributed by atoms with Crippen LogP contribution in [0.15, 0.2) is 18.2 Å². The Kier molecular flexibility index (Phi) is 4.78. The molecule has 1 unspecified atom stereocenters. The van der Waals surface area contributed by atoms with Crippen LogP contribution in [-0.2, 0) is 4.79 Å². The molecule has 2 fully saturated rings. The minimum absolute atomic E-state index is 0.0522. The smallest absolute Gasteiger partial charge is 0.223 e. The number of nitrogens with one attached hydrogen (secondary N) is 1. The van der Waals surface area contributed by atoms with Gasteiger partial charge in [-0.2, -0.15) is 0 Å². The zero-order valence-corrected chi connectivity index (χ0v) is 13.8. The SMILES string of the molecule is O=C(CC1(O)CCCC1)NC1CCN(c2ccc(F)c(Cl)c2)C1. The molecule has 1 aromatic rings. The molecule has 126 valence electrons. The quantitative estimate of drug-likeness (QED) is 0.886. The van der Waals surface area contributed by atoms with Gasteiger partial charge < -0.3 is 15.3 Å². The molecule has 3 rings (SSSR count). The number of carbonyl (C=O) groups is 1. The lowest BCUT2D eigenvalue weighted by atomic mass is 9.97. The van der Waals surface area contributed by atoms with Crippen LogP contribution in [0.5, 0.6) is 0 Å². The molecule has 4 nitrogen and oxygen atoms in total. The molecule has 1 aliphatic carbocycles. The van der Waals surface area contributed by atoms with Crippen LogP contribution in [-0.4, -0.2) is 35.7 Å². The summed E-state index contributed by atoms with van der Waals surface area (Å²) in [5, 5.41) is 13.4. The van der Waals surface area contributed by atoms with Crippen molar-refractivity contribution in [1.82, 2.24) is 5.32 Å². The Morgan fingerprint density at radius 2 is 2.17 bits per heavy atom. The summed E-state index contributed by atoms with van der Waals surface area (Å²) in [7, 11) is 0. The van der Waals surface area contributed by atoms with E-state index < -0.39 is 11.4 Å². The highest BCUT2D eigenvalue weighted by Crippen LogP contribution is 2.32. The predicted molar refractivity (Wildman–Crippen MR) is 88.2 cm³/mol. The second-order valence-corrected chi connectivity index (χ2v) is 7.11. The fourth-order valence-electron chi connectivity index (χ4n) is 3.58. The van der Waals surface area contributed by atoms with E-state index in [-0.39, 0.29) is 23.4 Å². The molecule has 1 aromatic carbocycles. The van der Waals surface area contributed by atoms with Crippen molar-refractivity contribution in [1.29, 1.82) is 0 Å². The first-order chi connectivity index (χ1) is 11.0. The molecule has 1 saturated heterocycles. The molecule has 2 aliphatic rings. The molecule has 23 heavy (non-hydrogen) atoms. The highest BCUT2D eigenvalue weighted by Gasteiger charge is 2.34. The number of benzene rings is 1. The van der Waals surface area contributed by atoms with Crippen molar-refractivity contribution in [3.63, 3.8) is 0 Å². The van der Waals surface area contributed by atoms with Gasteiger partial charge in [0.15, 0.2) is 0 Å². The summed E-state index contributed by atoms with van der Waals surface area (Å²) < 4.78 is 13.2. The molecule has 6 heteroatoms. The molecule has 0 aromatic heterocycles. The van der Waals surface area contributed by atoms with Gasteiger partial charge in [-0.15, -0.1) is 0 Å². The minimum atomic E-state index is -0.813. The number of carbonyl (C=O) groups excluding carboxylic acids is 1. The molecule has 1 saturated carbocycles. The fraction of sp³-hybridized carbons (Fsp3) is 0.588. The predicted octanol–water partition coefficient (Wildman–Crippen LogP) is 2.87. The Morgan fingerprint density at radius 3 is 2.87 bits per heavy atom. The topological polar surface area (TPSA) is 52.6 Å². The normalized spacial score (nSPS) is 23.3. The molecular weight excluding hydrogens is 319 g/mol. The largest absolute Gasteiger partial charge is 0.389 e. The molecule has 1 amide bonds. The van der Waals surface area contributed by atoms with Gasteiger partial charge in [-0.3, -0.25) is 4.79 Å². The first kappa shape index (κ1) is 16.5. The Morgan fingerprint density at radius 1 is 1.43 bits per heavy atom. The van der Waals surface area contributed by atoms with E-state index in [1.807, 2.05) is 0 Å². The summed E-state index contributed by atoms with van der Waals surface area (Å²) in [4.78, 5) is 14.2. The lowest BCUT2D eigenvalue weighted by Gasteiger charge is -2.23. The second kappa shape index (κ2) is 6.65. The van der Waals surface area contributed by atoms with Gasteiger partial charge in [0.2, 0.25) is 5.91 Å². The van der Waals surface area contributed by atoms with Crippen molar-refractivity contribution in [3.8, 4) is 0 Å². The van der Waals surface area contributed by atoms with E-state index in [1.165, 1.54) is 6.07 Å². The van der Waals surface area contributed by atoms with Crippen LogP contribution >= 0.6 is 11.6 Å². The number of hydrogen-bond donors (Lipinski definition) is 2. The highest BCUT2D eigenvalue weighted by molar-refractivity contribution is 6.31. The molecule has 0 bridgehead atoms. The number of aliphatic hydroxyl groups is 1. The third-order valence-corrected chi connectivity index (χ3v) is 5.14. The van der Waals surface area contributed by atoms with E-state index in [2.05, 4.69) is 10.2 Å². The van der Waals surface area contributed by atoms with Crippen LogP contribution in [0.2, 0.25) is 5.02 Å². The zero-order valence-electron chi connectivity index (χ0n) is 13.0. The van der Waals surface area contributed by atoms with Gasteiger partial charge in [0.1, 0.15) is 5.82 Å². The first-order valence-corrected chi connectivity index (χ1v) is 8.55. The average molecular weight is 341 g/mol. The molecule has 2 N–H and O–H groups in total. The lowest BCUT2D eigenvalue weighted by Crippen LogP contribution is -2.41. The van der Waals surface area contributed by atoms with Crippen LogP contribution in [0.4, 0.5) is 10.1 Å². The molecular formula is C17H22ClFN2O2. The van der Waals surface area contributed by atoms with Crippen molar-refractivity contribution < 1.29 is 14.3 Å². The van der Waals surface area contributed by atoms with E-state index in [9.17, 15) is 14.3 Å². The van der Waals surface area contributed by atoms with Gasteiger partial charge in [0.25, 0.3) is 0 Å². The van der Waals surface area contributed by atoms with Crippen molar-refractivity contribution in [2.75, 3.05) is 18.0 Å². The van der Waals surface area contributed by atoms with Gasteiger partial charge in [0, 0.05) is 24.8 Å². The third-order valence-electron chi connectivity index (χ3n) is 4.85. The summed E-state index contributed by atoms with van der Waals surface area (Å²) in [6.45, 7) is 1.46. The standard InChI is InChI=1S/C17H22ClFN2O2/c18-14-9-13(3-4-15(14)19)21-8-5-12(11-21)20-16(22)10-17(23)6-1-2-7-17/h3-4,9,12,23H,1-2,5-8,10-11H2,(H,20,22). The van der Waals surface area contributed by atoms with Crippen molar-refractivity contribution in [3.05, 3.63) is 29.0 Å². The number of nitrogens with zero attached hydrogens (tertiary/aromatic N) is 1. The van der Waals surface area contributed by atoms with E-state index in [4.69, 9.17) is 11.6 Å². The average Bonchev–Trinajstić information content (AvgIpc) is 3.11. The zero-order chi connectivity index (χ0) is 16.4. The Bertz CT molecular complexity index is 590. The van der Waals surface area contributed by atoms with E-state index in [0.29, 0.717) is 19.4 Å². The van der Waals surface area contributed by atoms with Gasteiger partial charge in [-0.1, -0.05) is 24.4 Å². The van der Waals surface area contributed by atoms with Crippen molar-refractivity contribution in [2.24, 2.45) is 0 Å². The number of hydrogen-bond acceptors (Lipinski definition) is 3. The highest BCUT2D eigenvalue weighted by atomic mass is 35.5. The molecule has 0 radical (unpaired) electrons. The first-order valence-electron chi connectivity index (χ1n) is 8.17. The maximum absolute atomic E-state index is 13.2. The Labute approximate surface area is 140 Å². The van der Waals surface area contributed by atoms with Gasteiger partial charge in [-0.25, -0.2) is 4.39 Å². The van der Waals surface area contributed by atoms with Crippen LogP contribution in [0.25, 0.3) is 0 Å². The van der Waals surface area contributed by atoms with Crippen molar-refractivity contribution >= 4 is 23.2 Å². The van der Waals surface area contributed by atoms with Crippen LogP contribution in [0.3, 0.4) is 0 Å². The number of halogens is 2. The van der Waals surface area contributed by atoms with E-state index in [0.717, 1.165) is 31.5 Å². The van der Waals surface area contributed by atoms with Gasteiger partial charge in [-0.05, 0) is 37.5 Å². The van der Waals surface area contributed by atoms with E-state index in [1.54, 1.807) is 12.1 Å². The summed E-state index contributed by atoms with van der Waals surface area (Å²) in [5.74, 6) is -0.511. The summed E-state index contributed by atoms with van der Waals surface area (Å²) >= 11 is 5.82. The molecule has 1 heterocycles. The minimum Gasteiger partial charge on any atom is -0.389 e. The molecule has 1 atom stereocenters. The fourth-order valence-corrected chi connectivity index (χ4v) is 3.76. The Hall–Kier alpha value is -1.33. The molecule has 1 aliphatic heterocycles. The van der Waals surface area contributed by atoms with Crippen molar-refractivity contribution in [2.45, 2.75) is 50.2 Å². The van der Waals surface area contributed by atoms with Crippen LogP contribution in [0.1, 0.15) is 38.5 Å². The van der Waals surface area contributed by atoms with Crippen LogP contribution in [0, 0.1) is 5.82 Å². The summed E-state index contributed by atoms with van der Waals surface area (Å²) in [5.41, 5.74) is 0.0508. The monoisotopic (exact) mass is 340 g/mol. The number of anilines is 1. The van der Waals surface area contributed by atoms with Crippen LogP contribution < -0.4 is 10.2 Å². The lowest BCUT2D eigenvalue weighted by molar-refractivity contribution is -0.126. The summed E-state index contributed by atoms with van der Waals surface area (Å²) in [6.07, 6.45) is 4.43. The third kappa shape index (κ3) is 3.96. The second-order valence-electron chi connectivity index (χ2n) is 6.71. The maximum atomic E-state index is 13.2. The van der Waals surface area contributed by atoms with Gasteiger partial charge in [0.05, 0.1) is 17.0 Å². The summed E-state index contributed by atoms with van der Waals surface area (Å²) in [6, 6.07) is 4.73. The number of amides is 1. The van der Waals surface area contributed by atoms with E-state index >= 15 is 0 Å². The maximum Gasteiger partial charge on any atom is 0.223 e. The van der Waals surface area contributed by atoms with Gasteiger partial charge >= 0.3 is 0 Å². The molecule has 0 spiro atoms. The Balaban J connectivity index is 1.53. The number of rotatable bonds is 4.